The van der Waals surface area contributed by atoms with Gasteiger partial charge in [0, 0.05) is 53.4 Å². The first-order valence-electron chi connectivity index (χ1n) is 12.2. The molecule has 0 aromatic heterocycles. The molecule has 41 heavy (non-hydrogen) atoms. The number of rotatable bonds is 11. The number of benzene rings is 3. The van der Waals surface area contributed by atoms with E-state index in [-0.39, 0.29) is 30.0 Å². The summed E-state index contributed by atoms with van der Waals surface area (Å²) in [6.45, 7) is -0.0853. The van der Waals surface area contributed by atoms with Crippen LogP contribution in [0.2, 0.25) is 5.02 Å². The number of carboxylic acids is 1. The zero-order valence-corrected chi connectivity index (χ0v) is 22.0. The summed E-state index contributed by atoms with van der Waals surface area (Å²) < 4.78 is 78.4. The molecule has 0 heterocycles. The van der Waals surface area contributed by atoms with Gasteiger partial charge in [-0.25, -0.2) is 0 Å². The number of nitrogens with two attached hydrogens (primary N) is 1. The summed E-state index contributed by atoms with van der Waals surface area (Å²) in [6, 6.07) is 12.6. The Labute approximate surface area is 235 Å². The topological polar surface area (TPSA) is 107 Å². The van der Waals surface area contributed by atoms with Crippen molar-refractivity contribution >= 4 is 35.4 Å². The van der Waals surface area contributed by atoms with Gasteiger partial charge in [-0.1, -0.05) is 29.8 Å². The normalized spacial score (nSPS) is 12.6. The number of halogens is 7. The number of nitrogens with one attached hydrogen (secondary N) is 2. The first-order chi connectivity index (χ1) is 19.2. The van der Waals surface area contributed by atoms with E-state index in [9.17, 15) is 35.9 Å². The van der Waals surface area contributed by atoms with Crippen LogP contribution in [-0.4, -0.2) is 35.9 Å². The second-order valence-electron chi connectivity index (χ2n) is 9.13. The quantitative estimate of drug-likeness (QED) is 0.115. The Morgan fingerprint density at radius 3 is 2.24 bits per heavy atom. The number of hydrogen-bond acceptors (Lipinski definition) is 3. The maximum Gasteiger partial charge on any atom is 0.416 e. The van der Waals surface area contributed by atoms with Crippen LogP contribution in [0.3, 0.4) is 0 Å². The predicted molar refractivity (Wildman–Crippen MR) is 140 cm³/mol. The second kappa shape index (κ2) is 13.2. The highest BCUT2D eigenvalue weighted by Gasteiger charge is 2.32. The third kappa shape index (κ3) is 9.05. The molecule has 1 amide bonds. The SMILES string of the molecule is N=Cc1cc(-c2ccc(C(F)(F)F)cc2Cl)ccc1[NH2+]C(CCC(F)(F)F)c1ccc(C(=O)NCCC(=O)O)cc1. The lowest BCUT2D eigenvalue weighted by atomic mass is 9.97. The lowest BCUT2D eigenvalue weighted by Crippen LogP contribution is -2.79. The van der Waals surface area contributed by atoms with E-state index in [0.29, 0.717) is 27.9 Å². The van der Waals surface area contributed by atoms with E-state index in [0.717, 1.165) is 18.3 Å². The zero-order valence-electron chi connectivity index (χ0n) is 21.2. The minimum atomic E-state index is -4.57. The van der Waals surface area contributed by atoms with Crippen molar-refractivity contribution in [2.45, 2.75) is 37.7 Å². The minimum Gasteiger partial charge on any atom is -0.481 e. The highest BCUT2D eigenvalue weighted by Crippen LogP contribution is 2.36. The summed E-state index contributed by atoms with van der Waals surface area (Å²) in [7, 11) is 0. The number of aliphatic carboxylic acids is 1. The molecular formula is C28H25ClF6N3O3+. The Morgan fingerprint density at radius 2 is 1.68 bits per heavy atom. The van der Waals surface area contributed by atoms with Crippen LogP contribution < -0.4 is 10.6 Å². The van der Waals surface area contributed by atoms with Gasteiger partial charge in [-0.15, -0.1) is 0 Å². The largest absolute Gasteiger partial charge is 0.481 e. The van der Waals surface area contributed by atoms with Crippen LogP contribution >= 0.6 is 11.6 Å². The zero-order chi connectivity index (χ0) is 30.4. The smallest absolute Gasteiger partial charge is 0.416 e. The summed E-state index contributed by atoms with van der Waals surface area (Å²) in [4.78, 5) is 22.9. The molecule has 1 unspecified atom stereocenters. The highest BCUT2D eigenvalue weighted by atomic mass is 35.5. The van der Waals surface area contributed by atoms with Crippen LogP contribution in [0.1, 0.15) is 52.4 Å². The summed E-state index contributed by atoms with van der Waals surface area (Å²) >= 11 is 6.10. The molecule has 0 spiro atoms. The number of amides is 1. The summed E-state index contributed by atoms with van der Waals surface area (Å²) in [5.41, 5.74) is 1.21. The van der Waals surface area contributed by atoms with E-state index in [1.54, 1.807) is 17.4 Å². The van der Waals surface area contributed by atoms with Crippen molar-refractivity contribution in [1.29, 1.82) is 5.41 Å². The molecule has 0 bridgehead atoms. The average molecular weight is 601 g/mol. The molecule has 218 valence electrons. The van der Waals surface area contributed by atoms with Gasteiger partial charge in [-0.2, -0.15) is 26.3 Å². The monoisotopic (exact) mass is 600 g/mol. The molecule has 3 aromatic carbocycles. The van der Waals surface area contributed by atoms with Crippen molar-refractivity contribution in [2.75, 3.05) is 6.54 Å². The first kappa shape index (κ1) is 31.6. The summed E-state index contributed by atoms with van der Waals surface area (Å²) in [5, 5.41) is 20.4. The summed E-state index contributed by atoms with van der Waals surface area (Å²) in [5.74, 6) is -1.61. The molecule has 0 radical (unpaired) electrons. The Kier molecular flexibility index (Phi) is 10.2. The fraction of sp³-hybridized carbons (Fsp3) is 0.250. The van der Waals surface area contributed by atoms with Crippen LogP contribution in [0.5, 0.6) is 0 Å². The highest BCUT2D eigenvalue weighted by molar-refractivity contribution is 6.33. The van der Waals surface area contributed by atoms with Gasteiger partial charge in [-0.3, -0.25) is 9.59 Å². The number of quaternary nitrogens is 1. The maximum absolute atomic E-state index is 13.1. The lowest BCUT2D eigenvalue weighted by Gasteiger charge is -2.19. The van der Waals surface area contributed by atoms with Crippen molar-refractivity contribution < 1.29 is 46.4 Å². The molecule has 3 aromatic rings. The molecule has 0 fully saturated rings. The van der Waals surface area contributed by atoms with Gasteiger partial charge in [0.2, 0.25) is 0 Å². The van der Waals surface area contributed by atoms with E-state index in [1.807, 2.05) is 0 Å². The van der Waals surface area contributed by atoms with E-state index in [4.69, 9.17) is 22.1 Å². The van der Waals surface area contributed by atoms with E-state index < -0.39 is 42.3 Å². The Balaban J connectivity index is 1.87. The number of carbonyl (C=O) groups is 2. The van der Waals surface area contributed by atoms with Crippen molar-refractivity contribution in [3.63, 3.8) is 0 Å². The van der Waals surface area contributed by atoms with Crippen molar-refractivity contribution in [1.82, 2.24) is 5.32 Å². The van der Waals surface area contributed by atoms with Crippen molar-refractivity contribution in [3.05, 3.63) is 87.9 Å². The lowest BCUT2D eigenvalue weighted by molar-refractivity contribution is -0.619. The molecule has 0 saturated heterocycles. The van der Waals surface area contributed by atoms with Gasteiger partial charge < -0.3 is 21.1 Å². The first-order valence-corrected chi connectivity index (χ1v) is 12.6. The van der Waals surface area contributed by atoms with Crippen LogP contribution in [0, 0.1) is 5.41 Å². The Bertz CT molecular complexity index is 1410. The molecule has 13 heteroatoms. The molecule has 0 aliphatic heterocycles. The standard InChI is InChI=1S/C28H24ClF6N3O3/c29-22-14-20(28(33,34)35)6-7-21(22)18-5-8-23(19(13-18)15-36)38-24(9-11-27(30,31)32)16-1-3-17(4-2-16)26(41)37-12-10-25(39)40/h1-8,13-15,24,36,38H,9-12H2,(H,37,41)(H,39,40)/p+1. The van der Waals surface area contributed by atoms with Crippen LogP contribution in [0.15, 0.2) is 60.7 Å². The van der Waals surface area contributed by atoms with Crippen molar-refractivity contribution in [3.8, 4) is 11.1 Å². The number of alkyl halides is 6. The fourth-order valence-corrected chi connectivity index (χ4v) is 4.38. The molecule has 5 N–H and O–H groups in total. The van der Waals surface area contributed by atoms with Gasteiger partial charge in [0.25, 0.3) is 5.91 Å². The number of hydrogen-bond donors (Lipinski definition) is 4. The second-order valence-corrected chi connectivity index (χ2v) is 9.54. The maximum atomic E-state index is 13.1. The van der Waals surface area contributed by atoms with Gasteiger partial charge in [0.1, 0.15) is 11.7 Å². The van der Waals surface area contributed by atoms with Gasteiger partial charge in [-0.05, 0) is 42.0 Å². The number of carbonyl (C=O) groups excluding carboxylic acids is 1. The summed E-state index contributed by atoms with van der Waals surface area (Å²) in [6.07, 6.45) is -9.70. The minimum absolute atomic E-state index is 0.0853. The Hall–Kier alpha value is -3.90. The molecule has 6 nitrogen and oxygen atoms in total. The van der Waals surface area contributed by atoms with E-state index in [2.05, 4.69) is 5.32 Å². The number of carboxylic acid groups (broad SMARTS) is 1. The van der Waals surface area contributed by atoms with E-state index >= 15 is 0 Å². The van der Waals surface area contributed by atoms with Crippen LogP contribution in [0.4, 0.5) is 32.0 Å². The fourth-order valence-electron chi connectivity index (χ4n) is 4.09. The molecule has 0 aliphatic rings. The van der Waals surface area contributed by atoms with Crippen LogP contribution in [-0.2, 0) is 11.0 Å². The average Bonchev–Trinajstić information content (AvgIpc) is 2.90. The van der Waals surface area contributed by atoms with Gasteiger partial charge >= 0.3 is 18.3 Å². The molecule has 0 aliphatic carbocycles. The van der Waals surface area contributed by atoms with E-state index in [1.165, 1.54) is 36.4 Å². The molecular weight excluding hydrogens is 576 g/mol. The third-order valence-electron chi connectivity index (χ3n) is 6.19. The van der Waals surface area contributed by atoms with Gasteiger partial charge in [0.05, 0.1) is 17.5 Å². The Morgan fingerprint density at radius 1 is 1.00 bits per heavy atom. The molecule has 0 saturated carbocycles. The molecule has 1 atom stereocenters. The molecule has 3 rings (SSSR count). The van der Waals surface area contributed by atoms with Gasteiger partial charge in [0.15, 0.2) is 0 Å². The van der Waals surface area contributed by atoms with Crippen LogP contribution in [0.25, 0.3) is 11.1 Å². The van der Waals surface area contributed by atoms with Crippen molar-refractivity contribution in [2.24, 2.45) is 0 Å². The third-order valence-corrected chi connectivity index (χ3v) is 6.51. The predicted octanol–water partition coefficient (Wildman–Crippen LogP) is 6.51.